The van der Waals surface area contributed by atoms with Crippen molar-refractivity contribution in [2.75, 3.05) is 0 Å². The Morgan fingerprint density at radius 3 is 2.67 bits per heavy atom. The molecule has 2 N–H and O–H groups in total. The molecule has 0 atom stereocenters. The number of hydrogen-bond donors (Lipinski definition) is 1. The van der Waals surface area contributed by atoms with Crippen molar-refractivity contribution < 1.29 is 4.74 Å². The molecule has 0 radical (unpaired) electrons. The first kappa shape index (κ1) is 13.6. The van der Waals surface area contributed by atoms with Crippen molar-refractivity contribution in [3.63, 3.8) is 0 Å². The van der Waals surface area contributed by atoms with E-state index in [1.54, 1.807) is 18.2 Å². The van der Waals surface area contributed by atoms with Crippen LogP contribution in [0, 0.1) is 0 Å². The van der Waals surface area contributed by atoms with Crippen molar-refractivity contribution in [2.45, 2.75) is 6.54 Å². The normalized spacial score (nSPS) is 10.4. The van der Waals surface area contributed by atoms with E-state index in [0.29, 0.717) is 28.2 Å². The van der Waals surface area contributed by atoms with E-state index in [2.05, 4.69) is 20.9 Å². The zero-order chi connectivity index (χ0) is 13.1. The molecule has 0 fully saturated rings. The molecule has 2 rings (SSSR count). The maximum absolute atomic E-state index is 6.05. The number of pyridine rings is 1. The molecule has 3 nitrogen and oxygen atoms in total. The third-order valence-electron chi connectivity index (χ3n) is 2.24. The summed E-state index contributed by atoms with van der Waals surface area (Å²) < 4.78 is 6.46. The Labute approximate surface area is 123 Å². The molecular weight excluding hydrogens is 339 g/mol. The number of aromatic nitrogens is 1. The fourth-order valence-electron chi connectivity index (χ4n) is 1.34. The molecule has 6 heteroatoms. The molecule has 94 valence electrons. The zero-order valence-corrected chi connectivity index (χ0v) is 12.3. The standard InChI is InChI=1S/C12H9BrCl2N2O/c13-8-1-2-11(9(14)4-8)18-12-3-7(5-16)10(15)6-17-12/h1-4,6H,5,16H2. The van der Waals surface area contributed by atoms with Gasteiger partial charge in [0.15, 0.2) is 0 Å². The molecule has 1 aromatic heterocycles. The zero-order valence-electron chi connectivity index (χ0n) is 9.16. The van der Waals surface area contributed by atoms with E-state index >= 15 is 0 Å². The summed E-state index contributed by atoms with van der Waals surface area (Å²) in [5.74, 6) is 0.932. The van der Waals surface area contributed by atoms with Crippen LogP contribution >= 0.6 is 39.1 Å². The van der Waals surface area contributed by atoms with Crippen LogP contribution in [0.5, 0.6) is 11.6 Å². The van der Waals surface area contributed by atoms with E-state index in [9.17, 15) is 0 Å². The monoisotopic (exact) mass is 346 g/mol. The molecule has 1 aromatic carbocycles. The Morgan fingerprint density at radius 2 is 2.00 bits per heavy atom. The van der Waals surface area contributed by atoms with Gasteiger partial charge in [-0.05, 0) is 23.8 Å². The van der Waals surface area contributed by atoms with Crippen LogP contribution in [0.1, 0.15) is 5.56 Å². The summed E-state index contributed by atoms with van der Waals surface area (Å²) in [6, 6.07) is 7.03. The van der Waals surface area contributed by atoms with Gasteiger partial charge < -0.3 is 10.5 Å². The minimum Gasteiger partial charge on any atom is -0.437 e. The molecule has 0 aliphatic carbocycles. The van der Waals surface area contributed by atoms with Crippen molar-refractivity contribution in [2.24, 2.45) is 5.73 Å². The Kier molecular flexibility index (Phi) is 4.45. The SMILES string of the molecule is NCc1cc(Oc2ccc(Br)cc2Cl)ncc1Cl. The Bertz CT molecular complexity index is 578. The summed E-state index contributed by atoms with van der Waals surface area (Å²) in [6.45, 7) is 0.325. The van der Waals surface area contributed by atoms with Crippen LogP contribution in [0.3, 0.4) is 0 Å². The number of halogens is 3. The van der Waals surface area contributed by atoms with E-state index in [0.717, 1.165) is 10.0 Å². The molecule has 1 heterocycles. The van der Waals surface area contributed by atoms with Crippen LogP contribution in [0.4, 0.5) is 0 Å². The van der Waals surface area contributed by atoms with Gasteiger partial charge in [0, 0.05) is 23.3 Å². The molecule has 0 unspecified atom stereocenters. The van der Waals surface area contributed by atoms with E-state index < -0.39 is 0 Å². The average Bonchev–Trinajstić information content (AvgIpc) is 2.35. The van der Waals surface area contributed by atoms with Gasteiger partial charge in [-0.3, -0.25) is 0 Å². The van der Waals surface area contributed by atoms with Crippen LogP contribution in [0.2, 0.25) is 10.0 Å². The van der Waals surface area contributed by atoms with Gasteiger partial charge in [0.1, 0.15) is 5.75 Å². The minimum atomic E-state index is 0.325. The van der Waals surface area contributed by atoms with E-state index in [4.69, 9.17) is 33.7 Å². The van der Waals surface area contributed by atoms with Crippen molar-refractivity contribution in [1.29, 1.82) is 0 Å². The topological polar surface area (TPSA) is 48.1 Å². The quantitative estimate of drug-likeness (QED) is 0.894. The average molecular weight is 348 g/mol. The number of nitrogens with two attached hydrogens (primary N) is 1. The van der Waals surface area contributed by atoms with Crippen LogP contribution < -0.4 is 10.5 Å². The first-order valence-corrected chi connectivity index (χ1v) is 6.62. The third-order valence-corrected chi connectivity index (χ3v) is 3.37. The van der Waals surface area contributed by atoms with Gasteiger partial charge in [-0.15, -0.1) is 0 Å². The summed E-state index contributed by atoms with van der Waals surface area (Å²) in [7, 11) is 0. The van der Waals surface area contributed by atoms with E-state index in [1.165, 1.54) is 6.20 Å². The van der Waals surface area contributed by atoms with E-state index in [1.807, 2.05) is 6.07 Å². The third kappa shape index (κ3) is 3.14. The van der Waals surface area contributed by atoms with Crippen LogP contribution in [0.15, 0.2) is 34.9 Å². The second kappa shape index (κ2) is 5.89. The maximum Gasteiger partial charge on any atom is 0.219 e. The van der Waals surface area contributed by atoms with Gasteiger partial charge in [0.05, 0.1) is 10.0 Å². The highest BCUT2D eigenvalue weighted by Crippen LogP contribution is 2.31. The van der Waals surface area contributed by atoms with Gasteiger partial charge in [0.2, 0.25) is 5.88 Å². The van der Waals surface area contributed by atoms with Crippen molar-refractivity contribution in [3.8, 4) is 11.6 Å². The predicted octanol–water partition coefficient (Wildman–Crippen LogP) is 4.40. The first-order chi connectivity index (χ1) is 8.60. The second-order valence-electron chi connectivity index (χ2n) is 3.49. The van der Waals surface area contributed by atoms with Crippen LogP contribution in [-0.2, 0) is 6.54 Å². The molecule has 0 bridgehead atoms. The number of ether oxygens (including phenoxy) is 1. The van der Waals surface area contributed by atoms with Gasteiger partial charge in [-0.25, -0.2) is 4.98 Å². The Balaban J connectivity index is 2.28. The van der Waals surface area contributed by atoms with E-state index in [-0.39, 0.29) is 0 Å². The highest BCUT2D eigenvalue weighted by Gasteiger charge is 2.07. The Hall–Kier alpha value is -0.810. The molecule has 18 heavy (non-hydrogen) atoms. The van der Waals surface area contributed by atoms with Crippen molar-refractivity contribution >= 4 is 39.1 Å². The molecule has 2 aromatic rings. The fraction of sp³-hybridized carbons (Fsp3) is 0.0833. The summed E-state index contributed by atoms with van der Waals surface area (Å²) in [5, 5.41) is 1.02. The smallest absolute Gasteiger partial charge is 0.219 e. The molecule has 0 saturated carbocycles. The van der Waals surface area contributed by atoms with Crippen molar-refractivity contribution in [1.82, 2.24) is 4.98 Å². The lowest BCUT2D eigenvalue weighted by atomic mass is 10.2. The molecule has 0 saturated heterocycles. The van der Waals surface area contributed by atoms with Gasteiger partial charge >= 0.3 is 0 Å². The highest BCUT2D eigenvalue weighted by molar-refractivity contribution is 9.10. The lowest BCUT2D eigenvalue weighted by molar-refractivity contribution is 0.462. The largest absolute Gasteiger partial charge is 0.437 e. The number of hydrogen-bond acceptors (Lipinski definition) is 3. The second-order valence-corrected chi connectivity index (χ2v) is 5.22. The lowest BCUT2D eigenvalue weighted by Gasteiger charge is -2.08. The van der Waals surface area contributed by atoms with Gasteiger partial charge in [0.25, 0.3) is 0 Å². The fourth-order valence-corrected chi connectivity index (χ4v) is 2.23. The van der Waals surface area contributed by atoms with Gasteiger partial charge in [-0.1, -0.05) is 39.1 Å². The molecule has 0 amide bonds. The summed E-state index contributed by atoms with van der Waals surface area (Å²) in [4.78, 5) is 4.07. The number of benzene rings is 1. The minimum absolute atomic E-state index is 0.325. The maximum atomic E-state index is 6.05. The van der Waals surface area contributed by atoms with Crippen LogP contribution in [0.25, 0.3) is 0 Å². The Morgan fingerprint density at radius 1 is 1.22 bits per heavy atom. The molecule has 0 aliphatic rings. The predicted molar refractivity (Wildman–Crippen MR) is 76.4 cm³/mol. The summed E-state index contributed by atoms with van der Waals surface area (Å²) in [6.07, 6.45) is 1.51. The molecular formula is C12H9BrCl2N2O. The summed E-state index contributed by atoms with van der Waals surface area (Å²) in [5.41, 5.74) is 6.34. The van der Waals surface area contributed by atoms with Gasteiger partial charge in [-0.2, -0.15) is 0 Å². The first-order valence-electron chi connectivity index (χ1n) is 5.07. The van der Waals surface area contributed by atoms with Crippen LogP contribution in [-0.4, -0.2) is 4.98 Å². The molecule has 0 spiro atoms. The lowest BCUT2D eigenvalue weighted by Crippen LogP contribution is -1.99. The number of rotatable bonds is 3. The van der Waals surface area contributed by atoms with Crippen molar-refractivity contribution in [3.05, 3.63) is 50.5 Å². The molecule has 0 aliphatic heterocycles. The number of nitrogens with zero attached hydrogens (tertiary/aromatic N) is 1. The summed E-state index contributed by atoms with van der Waals surface area (Å²) >= 11 is 15.3. The highest BCUT2D eigenvalue weighted by atomic mass is 79.9.